The van der Waals surface area contributed by atoms with Crippen LogP contribution in [0.15, 0.2) is 97.7 Å². The fraction of sp³-hybridized carbons (Fsp3) is 0.552. The number of carboxylic acids is 1. The van der Waals surface area contributed by atoms with Gasteiger partial charge in [-0.15, -0.1) is 0 Å². The Morgan fingerprint density at radius 3 is 1.73 bits per heavy atom. The number of phenolic OH excluding ortho intramolecular Hbond substituents is 1. The smallest absolute Gasteiger partial charge is 0.303 e. The highest BCUT2D eigenvalue weighted by molar-refractivity contribution is 7.99. The minimum absolute atomic E-state index is 0.0429. The van der Waals surface area contributed by atoms with Crippen LogP contribution in [0.5, 0.6) is 5.75 Å². The number of unbranched alkanes of at least 4 members (excludes halogenated alkanes) is 2. The zero-order valence-corrected chi connectivity index (χ0v) is 79.8. The number of carboxylic acid groups (broad SMARTS) is 1. The standard InChI is InChI=1S/C96H133N19O21S/c1-9-11-22-76-89(129)107-71(38-54(3)4)82(121)43-61(80(119)31-25-55(5)116)51-137-52-84(123)104-74(39-57-26-28-63(117)29-27-57)95(135)113(37-35-98)56(6)81(120)42-58(44-83(99)122)92(132)114-36-17-24-77(114)90(130)109-73(45-62-49-100-53-103-62)88(128)106-70(30-32-85(124)125)94(134)115-50-64(118)46-79(115)91(131)108-72(40-59-47-101-67-20-15-13-18-65(59)67)87(127)105-69(33-34-97)86(126)110-75(41-60-48-102-68-21-16-14-19-66(60)68)93(133)112(8)78(23-12-10-2)96(136)111(76)7/h13-16,18-21,26-29,47-49,53-54,56,58,61,64,69-79,101-102,117-118H,9-12,17,22-25,30-46,50-52,97-98H2,1-8H3,(H2,99,122)(H,100,103)(H,104,123)(H,105,127)(H,106,128)(H,107,129)(H,108,131)(H,109,130)(H,110,126)(H,124,125)/t56-,58-,61-,64+,69-,70-,71-,72-,73-,74-,75-,76-,77-,78-,79-/m0/s1. The van der Waals surface area contributed by atoms with Gasteiger partial charge in [-0.1, -0.05) is 102 Å². The van der Waals surface area contributed by atoms with E-state index < -0.39 is 241 Å². The molecule has 3 aromatic carbocycles. The Bertz CT molecular complexity index is 5260. The molecule has 0 spiro atoms. The van der Waals surface area contributed by atoms with Crippen LogP contribution in [0.2, 0.25) is 0 Å². The van der Waals surface area contributed by atoms with Crippen LogP contribution in [0, 0.1) is 17.8 Å². The lowest BCUT2D eigenvalue weighted by atomic mass is 9.90. The third-order valence-corrected chi connectivity index (χ3v) is 26.5. The number of aliphatic hydroxyl groups is 1. The first-order valence-corrected chi connectivity index (χ1v) is 48.1. The Labute approximate surface area is 799 Å². The molecule has 6 heterocycles. The first-order valence-electron chi connectivity index (χ1n) is 47.0. The fourth-order valence-corrected chi connectivity index (χ4v) is 18.8. The quantitative estimate of drug-likeness (QED) is 0.0319. The number of aromatic hydroxyl groups is 1. The van der Waals surface area contributed by atoms with Gasteiger partial charge >= 0.3 is 5.97 Å². The van der Waals surface area contributed by atoms with Gasteiger partial charge in [0.2, 0.25) is 76.8 Å². The van der Waals surface area contributed by atoms with Crippen LogP contribution >= 0.6 is 11.8 Å². The molecule has 13 amide bonds. The number of carbonyl (C=O) groups excluding carboxylic acids is 17. The van der Waals surface area contributed by atoms with Crippen molar-refractivity contribution in [3.05, 3.63) is 120 Å². The number of aliphatic hydroxyl groups excluding tert-OH is 1. The number of hydrogen-bond acceptors (Lipinski definition) is 24. The third-order valence-electron chi connectivity index (χ3n) is 25.4. The maximum Gasteiger partial charge on any atom is 0.303 e. The Morgan fingerprint density at radius 2 is 1.14 bits per heavy atom. The van der Waals surface area contributed by atoms with Crippen LogP contribution in [0.1, 0.15) is 180 Å². The van der Waals surface area contributed by atoms with E-state index in [0.717, 1.165) is 26.5 Å². The number of aromatic amines is 3. The van der Waals surface area contributed by atoms with E-state index in [1.807, 2.05) is 27.7 Å². The number of hydrogen-bond donors (Lipinski definition) is 16. The molecule has 3 aromatic heterocycles. The van der Waals surface area contributed by atoms with Gasteiger partial charge in [0.15, 0.2) is 11.6 Å². The highest BCUT2D eigenvalue weighted by atomic mass is 32.2. The van der Waals surface area contributed by atoms with Crippen LogP contribution in [-0.4, -0.2) is 303 Å². The number of likely N-dealkylation sites (N-methyl/N-ethyl adjacent to an activating group) is 2. The van der Waals surface area contributed by atoms with Crippen molar-refractivity contribution in [1.82, 2.24) is 81.7 Å². The summed E-state index contributed by atoms with van der Waals surface area (Å²) in [6.45, 7) is 8.50. The minimum Gasteiger partial charge on any atom is -0.508 e. The molecule has 137 heavy (non-hydrogen) atoms. The van der Waals surface area contributed by atoms with Gasteiger partial charge in [0.25, 0.3) is 0 Å². The molecule has 40 nitrogen and oxygen atoms in total. The lowest BCUT2D eigenvalue weighted by Gasteiger charge is -2.36. The van der Waals surface area contributed by atoms with E-state index in [4.69, 9.17) is 17.2 Å². The molecule has 19 N–H and O–H groups in total. The van der Waals surface area contributed by atoms with Crippen LogP contribution in [0.25, 0.3) is 21.8 Å². The molecule has 0 radical (unpaired) electrons. The monoisotopic (exact) mass is 1920 g/mol. The average Bonchev–Trinajstić information content (AvgIpc) is 1.64. The van der Waals surface area contributed by atoms with Gasteiger partial charge in [0, 0.05) is 169 Å². The molecule has 6 aromatic rings. The molecular weight excluding hydrogens is 1790 g/mol. The molecule has 3 aliphatic heterocycles. The summed E-state index contributed by atoms with van der Waals surface area (Å²) in [5.74, 6) is -19.2. The van der Waals surface area contributed by atoms with Gasteiger partial charge < -0.3 is 114 Å². The molecule has 744 valence electrons. The second-order valence-electron chi connectivity index (χ2n) is 36.3. The van der Waals surface area contributed by atoms with Crippen molar-refractivity contribution in [1.29, 1.82) is 0 Å². The first-order chi connectivity index (χ1) is 65.3. The Balaban J connectivity index is 1.12. The minimum atomic E-state index is -1.83. The number of H-pyrrole nitrogens is 3. The predicted octanol–water partition coefficient (Wildman–Crippen LogP) is 1.88. The van der Waals surface area contributed by atoms with Crippen molar-refractivity contribution in [2.45, 2.75) is 261 Å². The zero-order chi connectivity index (χ0) is 100. The summed E-state index contributed by atoms with van der Waals surface area (Å²) in [6.07, 6.45) is 0.761. The van der Waals surface area contributed by atoms with Gasteiger partial charge in [-0.05, 0) is 112 Å². The highest BCUT2D eigenvalue weighted by Crippen LogP contribution is 2.30. The number of nitrogens with one attached hydrogen (secondary N) is 10. The van der Waals surface area contributed by atoms with Gasteiger partial charge in [0.05, 0.1) is 36.2 Å². The van der Waals surface area contributed by atoms with E-state index in [2.05, 4.69) is 57.2 Å². The molecule has 41 heteroatoms. The topological polar surface area (TPSA) is 607 Å². The van der Waals surface area contributed by atoms with E-state index in [9.17, 15) is 48.9 Å². The Hall–Kier alpha value is -12.8. The summed E-state index contributed by atoms with van der Waals surface area (Å²) >= 11 is 0.921. The van der Waals surface area contributed by atoms with Gasteiger partial charge in [-0.3, -0.25) is 81.5 Å². The lowest BCUT2D eigenvalue weighted by molar-refractivity contribution is -0.149. The van der Waals surface area contributed by atoms with Crippen LogP contribution in [-0.2, 0) is 112 Å². The number of aliphatic carboxylic acids is 1. The summed E-state index contributed by atoms with van der Waals surface area (Å²) in [5, 5.41) is 52.5. The number of primary amides is 1. The maximum absolute atomic E-state index is 15.9. The van der Waals surface area contributed by atoms with E-state index in [0.29, 0.717) is 64.2 Å². The van der Waals surface area contributed by atoms with Crippen molar-refractivity contribution in [3.8, 4) is 5.75 Å². The number of imidazole rings is 1. The normalized spacial score (nSPS) is 24.8. The number of amides is 13. The second-order valence-corrected chi connectivity index (χ2v) is 37.3. The number of para-hydroxylation sites is 2. The number of carbonyl (C=O) groups is 18. The fourth-order valence-electron chi connectivity index (χ4n) is 17.9. The molecule has 0 aliphatic carbocycles. The summed E-state index contributed by atoms with van der Waals surface area (Å²) in [6, 6.07) is 1.74. The molecule has 15 atom stereocenters. The summed E-state index contributed by atoms with van der Waals surface area (Å²) in [7, 11) is 2.81. The third kappa shape index (κ3) is 30.4. The molecule has 3 aliphatic rings. The summed E-state index contributed by atoms with van der Waals surface area (Å²) in [5.41, 5.74) is 21.2. The number of ketones is 4. The van der Waals surface area contributed by atoms with Gasteiger partial charge in [-0.25, -0.2) is 4.98 Å². The van der Waals surface area contributed by atoms with Crippen LogP contribution in [0.3, 0.4) is 0 Å². The van der Waals surface area contributed by atoms with Gasteiger partial charge in [-0.2, -0.15) is 11.8 Å². The van der Waals surface area contributed by atoms with Crippen molar-refractivity contribution < 1.29 is 102 Å². The number of Topliss-reactive ketones (excluding diaryl/α,β-unsaturated/α-hetero) is 4. The van der Waals surface area contributed by atoms with E-state index in [1.54, 1.807) is 60.9 Å². The number of phenols is 1. The highest BCUT2D eigenvalue weighted by Gasteiger charge is 2.47. The number of aromatic nitrogens is 4. The number of rotatable bonds is 29. The van der Waals surface area contributed by atoms with E-state index in [-0.39, 0.29) is 132 Å². The van der Waals surface area contributed by atoms with Crippen molar-refractivity contribution in [2.24, 2.45) is 35.0 Å². The number of nitrogens with two attached hydrogens (primary N) is 3. The Morgan fingerprint density at radius 1 is 0.569 bits per heavy atom. The molecule has 0 bridgehead atoms. The molecule has 3 saturated heterocycles. The molecule has 3 fully saturated rings. The number of benzene rings is 3. The number of thioether (sulfide) groups is 1. The summed E-state index contributed by atoms with van der Waals surface area (Å²) in [4.78, 5) is 284. The summed E-state index contributed by atoms with van der Waals surface area (Å²) < 4.78 is 0. The number of nitrogens with zero attached hydrogens (tertiary/aromatic N) is 6. The predicted molar refractivity (Wildman–Crippen MR) is 507 cm³/mol. The zero-order valence-electron chi connectivity index (χ0n) is 79.0. The van der Waals surface area contributed by atoms with E-state index >= 15 is 52.7 Å². The second kappa shape index (κ2) is 52.0. The first kappa shape index (κ1) is 108. The van der Waals surface area contributed by atoms with Crippen molar-refractivity contribution >= 4 is 139 Å². The maximum atomic E-state index is 15.9. The largest absolute Gasteiger partial charge is 0.508 e. The number of fused-ring (bicyclic) bond motifs is 4. The van der Waals surface area contributed by atoms with Crippen molar-refractivity contribution in [2.75, 3.05) is 58.3 Å². The Kier molecular flexibility index (Phi) is 40.9. The van der Waals surface area contributed by atoms with Crippen molar-refractivity contribution in [3.63, 3.8) is 0 Å². The molecule has 0 unspecified atom stereocenters. The molecule has 9 rings (SSSR count). The van der Waals surface area contributed by atoms with Crippen LogP contribution in [0.4, 0.5) is 0 Å². The van der Waals surface area contributed by atoms with E-state index in [1.165, 1.54) is 74.5 Å². The van der Waals surface area contributed by atoms with Gasteiger partial charge in [0.1, 0.15) is 77.7 Å². The lowest BCUT2D eigenvalue weighted by Crippen LogP contribution is -2.61. The molecular formula is C96H133N19O21S. The van der Waals surface area contributed by atoms with Crippen LogP contribution < -0.4 is 54.4 Å². The molecule has 0 saturated carbocycles. The average molecular weight is 1920 g/mol. The SMILES string of the molecule is CCCC[C@H]1C(=O)N(C)[C@@H](CCCC)C(=O)N[C@@H](CC(C)C)C(=O)C[C@H](C(=O)CCC(C)=O)CSCC(=O)N[C@@H](Cc2ccc(O)cc2)C(=O)N(CCN)[C@@H](C)C(=O)C[C@@H](CC(N)=O)C(=O)N2CCC[C@H]2C(=O)N[C@@H](Cc2cnc[nH]2)C(=O)N[C@@H](CCC(=O)O)C(=O)N2C[C@H](O)C[C@H]2C(=O)N[C@@H](Cc2c[nH]c3ccccc23)C(=O)N[C@@H](CCN)C(=O)N[C@@H](Cc2c[nH]c3ccccc23)C(=O)N1C.